The fourth-order valence-electron chi connectivity index (χ4n) is 2.33. The Hall–Kier alpha value is -0.660. The molecule has 0 heterocycles. The van der Waals surface area contributed by atoms with Crippen molar-refractivity contribution in [1.82, 2.24) is 14.3 Å². The maximum absolute atomic E-state index is 12.2. The molecule has 6 nitrogen and oxygen atoms in total. The molecule has 1 unspecified atom stereocenters. The van der Waals surface area contributed by atoms with Crippen LogP contribution in [-0.2, 0) is 15.0 Å². The molecule has 1 saturated carbocycles. The van der Waals surface area contributed by atoms with Crippen molar-refractivity contribution in [1.29, 1.82) is 0 Å². The summed E-state index contributed by atoms with van der Waals surface area (Å²) in [5.41, 5.74) is 0. The number of amides is 1. The molecule has 0 aromatic rings. The highest BCUT2D eigenvalue weighted by molar-refractivity contribution is 7.87. The van der Waals surface area contributed by atoms with E-state index in [9.17, 15) is 13.2 Å². The van der Waals surface area contributed by atoms with Crippen molar-refractivity contribution < 1.29 is 13.2 Å². The first-order valence-corrected chi connectivity index (χ1v) is 8.35. The van der Waals surface area contributed by atoms with Crippen LogP contribution in [0.5, 0.6) is 0 Å². The molecule has 0 aliphatic heterocycles. The van der Waals surface area contributed by atoms with Gasteiger partial charge in [-0.1, -0.05) is 19.3 Å². The predicted molar refractivity (Wildman–Crippen MR) is 74.8 cm³/mol. The third kappa shape index (κ3) is 4.74. The van der Waals surface area contributed by atoms with Gasteiger partial charge in [-0.2, -0.15) is 17.4 Å². The Kier molecular flexibility index (Phi) is 6.22. The molecular weight excluding hydrogens is 266 g/mol. The lowest BCUT2D eigenvalue weighted by molar-refractivity contribution is -0.122. The van der Waals surface area contributed by atoms with Gasteiger partial charge in [0.15, 0.2) is 0 Å². The molecule has 1 aliphatic rings. The maximum Gasteiger partial charge on any atom is 0.280 e. The monoisotopic (exact) mass is 291 g/mol. The molecule has 2 N–H and O–H groups in total. The van der Waals surface area contributed by atoms with Gasteiger partial charge >= 0.3 is 0 Å². The van der Waals surface area contributed by atoms with Gasteiger partial charge in [0.25, 0.3) is 10.2 Å². The van der Waals surface area contributed by atoms with Crippen molar-refractivity contribution in [3.8, 4) is 0 Å². The highest BCUT2D eigenvalue weighted by Crippen LogP contribution is 2.23. The van der Waals surface area contributed by atoms with Crippen LogP contribution in [0.15, 0.2) is 0 Å². The molecule has 0 bridgehead atoms. The van der Waals surface area contributed by atoms with Crippen LogP contribution < -0.4 is 10.0 Å². The molecule has 1 fully saturated rings. The van der Waals surface area contributed by atoms with Gasteiger partial charge in [-0.25, -0.2) is 0 Å². The summed E-state index contributed by atoms with van der Waals surface area (Å²) in [6.45, 7) is 3.84. The Labute approximate surface area is 116 Å². The molecule has 1 amide bonds. The van der Waals surface area contributed by atoms with E-state index in [1.807, 2.05) is 0 Å². The number of hydrogen-bond donors (Lipinski definition) is 2. The molecule has 1 rings (SSSR count). The summed E-state index contributed by atoms with van der Waals surface area (Å²) in [6, 6.07) is -0.705. The fourth-order valence-corrected chi connectivity index (χ4v) is 3.65. The minimum absolute atomic E-state index is 0.0488. The summed E-state index contributed by atoms with van der Waals surface area (Å²) in [4.78, 5) is 11.6. The van der Waals surface area contributed by atoms with E-state index in [1.54, 1.807) is 20.9 Å². The number of likely N-dealkylation sites (N-methyl/N-ethyl adjacent to an activating group) is 1. The van der Waals surface area contributed by atoms with E-state index in [-0.39, 0.29) is 11.9 Å². The summed E-state index contributed by atoms with van der Waals surface area (Å²) in [5.74, 6) is -0.303. The van der Waals surface area contributed by atoms with E-state index in [1.165, 1.54) is 10.7 Å². The Morgan fingerprint density at radius 2 is 1.89 bits per heavy atom. The van der Waals surface area contributed by atoms with Gasteiger partial charge in [-0.3, -0.25) is 4.79 Å². The quantitative estimate of drug-likeness (QED) is 0.752. The van der Waals surface area contributed by atoms with Crippen molar-refractivity contribution in [2.24, 2.45) is 0 Å². The third-order valence-corrected chi connectivity index (χ3v) is 5.25. The second kappa shape index (κ2) is 7.21. The standard InChI is InChI=1S/C12H25N3O3S/c1-4-13-12(16)10(2)14-19(17,18)15(3)11-8-6-5-7-9-11/h10-11,14H,4-9H2,1-3H3,(H,13,16). The topological polar surface area (TPSA) is 78.5 Å². The van der Waals surface area contributed by atoms with E-state index in [4.69, 9.17) is 0 Å². The van der Waals surface area contributed by atoms with Crippen LogP contribution in [0, 0.1) is 0 Å². The van der Waals surface area contributed by atoms with E-state index < -0.39 is 16.3 Å². The van der Waals surface area contributed by atoms with E-state index >= 15 is 0 Å². The number of carbonyl (C=O) groups is 1. The molecule has 7 heteroatoms. The van der Waals surface area contributed by atoms with Gasteiger partial charge in [0.05, 0.1) is 6.04 Å². The van der Waals surface area contributed by atoms with Crippen LogP contribution >= 0.6 is 0 Å². The highest BCUT2D eigenvalue weighted by atomic mass is 32.2. The molecule has 0 radical (unpaired) electrons. The Bertz CT molecular complexity index is 391. The number of nitrogens with one attached hydrogen (secondary N) is 2. The first kappa shape index (κ1) is 16.4. The molecular formula is C12H25N3O3S. The van der Waals surface area contributed by atoms with Gasteiger partial charge in [0.1, 0.15) is 0 Å². The summed E-state index contributed by atoms with van der Waals surface area (Å²) in [6.07, 6.45) is 5.10. The second-order valence-electron chi connectivity index (χ2n) is 5.05. The highest BCUT2D eigenvalue weighted by Gasteiger charge is 2.29. The largest absolute Gasteiger partial charge is 0.355 e. The lowest BCUT2D eigenvalue weighted by Gasteiger charge is -2.31. The molecule has 1 atom stereocenters. The first-order valence-electron chi connectivity index (χ1n) is 6.91. The maximum atomic E-state index is 12.2. The van der Waals surface area contributed by atoms with Crippen LogP contribution in [0.25, 0.3) is 0 Å². The SMILES string of the molecule is CCNC(=O)C(C)NS(=O)(=O)N(C)C1CCCCC1. The zero-order valence-corrected chi connectivity index (χ0v) is 12.8. The van der Waals surface area contributed by atoms with Crippen molar-refractivity contribution in [2.75, 3.05) is 13.6 Å². The predicted octanol–water partition coefficient (Wildman–Crippen LogP) is 0.610. The molecule has 0 aromatic heterocycles. The third-order valence-electron chi connectivity index (χ3n) is 3.54. The van der Waals surface area contributed by atoms with Gasteiger partial charge < -0.3 is 5.32 Å². The average molecular weight is 291 g/mol. The number of rotatable bonds is 6. The smallest absolute Gasteiger partial charge is 0.280 e. The number of hydrogen-bond acceptors (Lipinski definition) is 3. The Balaban J connectivity index is 2.61. The lowest BCUT2D eigenvalue weighted by atomic mass is 9.96. The minimum Gasteiger partial charge on any atom is -0.355 e. The van der Waals surface area contributed by atoms with E-state index in [0.29, 0.717) is 6.54 Å². The summed E-state index contributed by atoms with van der Waals surface area (Å²) < 4.78 is 28.2. The van der Waals surface area contributed by atoms with Crippen LogP contribution in [0.4, 0.5) is 0 Å². The number of carbonyl (C=O) groups excluding carboxylic acids is 1. The summed E-state index contributed by atoms with van der Waals surface area (Å²) in [5, 5.41) is 2.60. The zero-order valence-electron chi connectivity index (χ0n) is 12.0. The zero-order chi connectivity index (χ0) is 14.5. The van der Waals surface area contributed by atoms with Crippen LogP contribution in [-0.4, -0.2) is 44.3 Å². The fraction of sp³-hybridized carbons (Fsp3) is 0.917. The Morgan fingerprint density at radius 3 is 2.42 bits per heavy atom. The minimum atomic E-state index is -3.60. The van der Waals surface area contributed by atoms with Gasteiger partial charge in [0, 0.05) is 19.6 Å². The van der Waals surface area contributed by atoms with Gasteiger partial charge in [-0.15, -0.1) is 0 Å². The Morgan fingerprint density at radius 1 is 1.32 bits per heavy atom. The van der Waals surface area contributed by atoms with Crippen LogP contribution in [0.1, 0.15) is 46.0 Å². The van der Waals surface area contributed by atoms with Crippen LogP contribution in [0.2, 0.25) is 0 Å². The van der Waals surface area contributed by atoms with Crippen molar-refractivity contribution >= 4 is 16.1 Å². The van der Waals surface area contributed by atoms with Crippen molar-refractivity contribution in [3.63, 3.8) is 0 Å². The van der Waals surface area contributed by atoms with Crippen molar-refractivity contribution in [3.05, 3.63) is 0 Å². The normalized spacial score (nSPS) is 19.4. The van der Waals surface area contributed by atoms with Gasteiger partial charge in [-0.05, 0) is 26.7 Å². The summed E-state index contributed by atoms with van der Waals surface area (Å²) >= 11 is 0. The molecule has 112 valence electrons. The average Bonchev–Trinajstić information content (AvgIpc) is 2.38. The molecule has 1 aliphatic carbocycles. The molecule has 0 saturated heterocycles. The van der Waals surface area contributed by atoms with E-state index in [2.05, 4.69) is 10.0 Å². The second-order valence-corrected chi connectivity index (χ2v) is 6.81. The molecule has 0 spiro atoms. The van der Waals surface area contributed by atoms with Gasteiger partial charge in [0.2, 0.25) is 5.91 Å². The number of nitrogens with zero attached hydrogens (tertiary/aromatic N) is 1. The summed E-state index contributed by atoms with van der Waals surface area (Å²) in [7, 11) is -2.01. The lowest BCUT2D eigenvalue weighted by Crippen LogP contribution is -2.51. The van der Waals surface area contributed by atoms with E-state index in [0.717, 1.165) is 25.7 Å². The van der Waals surface area contributed by atoms with Crippen LogP contribution in [0.3, 0.4) is 0 Å². The van der Waals surface area contributed by atoms with Crippen molar-refractivity contribution in [2.45, 2.75) is 58.0 Å². The first-order chi connectivity index (χ1) is 8.88. The molecule has 0 aromatic carbocycles. The molecule has 19 heavy (non-hydrogen) atoms.